The van der Waals surface area contributed by atoms with Crippen LogP contribution >= 0.6 is 26.8 Å². The van der Waals surface area contributed by atoms with Crippen molar-refractivity contribution in [3.05, 3.63) is 0 Å². The molecule has 0 spiro atoms. The minimum Gasteiger partial charge on any atom is -0.324 e. The average molecular weight is 224 g/mol. The third-order valence-corrected chi connectivity index (χ3v) is 5.38. The van der Waals surface area contributed by atoms with Crippen molar-refractivity contribution < 1.29 is 28.7 Å². The van der Waals surface area contributed by atoms with Crippen LogP contribution in [-0.2, 0) is 9.13 Å². The maximum Gasteiger partial charge on any atom is 0.341 e. The summed E-state index contributed by atoms with van der Waals surface area (Å²) in [4.78, 5) is 33.4. The van der Waals surface area contributed by atoms with Crippen molar-refractivity contribution in [3.63, 3.8) is 0 Å². The first kappa shape index (κ1) is 11.6. The summed E-state index contributed by atoms with van der Waals surface area (Å²) in [6.45, 7) is 0. The molecule has 0 aliphatic carbocycles. The lowest BCUT2D eigenvalue weighted by molar-refractivity contribution is 0.342. The van der Waals surface area contributed by atoms with Gasteiger partial charge in [0.05, 0.1) is 0 Å². The van der Waals surface area contributed by atoms with Crippen LogP contribution in [-0.4, -0.2) is 30.9 Å². The molecule has 0 heterocycles. The van der Waals surface area contributed by atoms with E-state index in [4.69, 9.17) is 31.2 Å². The molecule has 0 unspecified atom stereocenters. The van der Waals surface area contributed by atoms with Gasteiger partial charge < -0.3 is 19.6 Å². The molecule has 6 nitrogen and oxygen atoms in total. The summed E-state index contributed by atoms with van der Waals surface area (Å²) in [5.74, 6) is -0.769. The van der Waals surface area contributed by atoms with Crippen molar-refractivity contribution in [2.45, 2.75) is 5.40 Å². The molecule has 0 aliphatic heterocycles. The Morgan fingerprint density at radius 2 is 1.36 bits per heavy atom. The van der Waals surface area contributed by atoms with Gasteiger partial charge in [-0.25, -0.2) is 0 Å². The summed E-state index contributed by atoms with van der Waals surface area (Å²) in [7, 11) is -9.58. The fourth-order valence-corrected chi connectivity index (χ4v) is 3.38. The maximum absolute atomic E-state index is 10.3. The van der Waals surface area contributed by atoms with Crippen molar-refractivity contribution in [2.75, 3.05) is 5.88 Å². The van der Waals surface area contributed by atoms with Crippen LogP contribution in [0.15, 0.2) is 0 Å². The van der Waals surface area contributed by atoms with Gasteiger partial charge in [-0.1, -0.05) is 0 Å². The molecule has 0 saturated carbocycles. The second kappa shape index (κ2) is 3.54. The van der Waals surface area contributed by atoms with Crippen LogP contribution in [0.1, 0.15) is 0 Å². The zero-order chi connectivity index (χ0) is 9.28. The second-order valence-electron chi connectivity index (χ2n) is 1.81. The number of alkyl halides is 1. The van der Waals surface area contributed by atoms with Crippen LogP contribution in [0.4, 0.5) is 0 Å². The molecule has 0 bridgehead atoms. The molecule has 4 N–H and O–H groups in total. The highest BCUT2D eigenvalue weighted by molar-refractivity contribution is 7.71. The van der Waals surface area contributed by atoms with Crippen molar-refractivity contribution in [2.24, 2.45) is 0 Å². The Morgan fingerprint density at radius 3 is 1.36 bits per heavy atom. The lowest BCUT2D eigenvalue weighted by atomic mass is 10.9. The third kappa shape index (κ3) is 3.67. The van der Waals surface area contributed by atoms with Crippen LogP contribution < -0.4 is 0 Å². The lowest BCUT2D eigenvalue weighted by Gasteiger charge is -2.15. The van der Waals surface area contributed by atoms with Gasteiger partial charge in [-0.05, 0) is 0 Å². The largest absolute Gasteiger partial charge is 0.341 e. The summed E-state index contributed by atoms with van der Waals surface area (Å²) in [6.07, 6.45) is 0. The Bertz CT molecular complexity index is 193. The summed E-state index contributed by atoms with van der Waals surface area (Å²) in [5.41, 5.74) is 0. The molecule has 0 saturated heterocycles. The molecule has 0 rings (SSSR count). The smallest absolute Gasteiger partial charge is 0.324 e. The molecule has 0 radical (unpaired) electrons. The number of rotatable bonds is 3. The van der Waals surface area contributed by atoms with Gasteiger partial charge in [-0.15, -0.1) is 11.6 Å². The van der Waals surface area contributed by atoms with Gasteiger partial charge >= 0.3 is 15.2 Å². The van der Waals surface area contributed by atoms with E-state index in [1.807, 2.05) is 0 Å². The first-order chi connectivity index (χ1) is 4.69. The minimum atomic E-state index is -4.79. The number of halogens is 1. The van der Waals surface area contributed by atoms with E-state index in [1.54, 1.807) is 0 Å². The lowest BCUT2D eigenvalue weighted by Crippen LogP contribution is -2.10. The Hall–Kier alpha value is 0.590. The molecule has 0 aromatic rings. The topological polar surface area (TPSA) is 115 Å². The van der Waals surface area contributed by atoms with E-state index in [1.165, 1.54) is 0 Å². The summed E-state index contributed by atoms with van der Waals surface area (Å²) in [6, 6.07) is 0. The Balaban J connectivity index is 4.72. The van der Waals surface area contributed by atoms with Crippen molar-refractivity contribution in [1.82, 2.24) is 0 Å². The standard InChI is InChI=1S/C2H7ClO6P2/c3-1-2(10(4,5)6)11(7,8)9/h2H,1H2,(H2,4,5,6)(H2,7,8,9). The Labute approximate surface area is 67.5 Å². The van der Waals surface area contributed by atoms with E-state index < -0.39 is 26.5 Å². The van der Waals surface area contributed by atoms with Crippen molar-refractivity contribution in [1.29, 1.82) is 0 Å². The Morgan fingerprint density at radius 1 is 1.09 bits per heavy atom. The SMILES string of the molecule is O=P(O)(O)C(CCl)P(=O)(O)O. The van der Waals surface area contributed by atoms with Crippen LogP contribution in [0.3, 0.4) is 0 Å². The van der Waals surface area contributed by atoms with E-state index in [0.717, 1.165) is 0 Å². The first-order valence-electron chi connectivity index (χ1n) is 2.36. The summed E-state index contributed by atoms with van der Waals surface area (Å²) < 4.78 is 20.7. The van der Waals surface area contributed by atoms with Gasteiger partial charge in [0, 0.05) is 5.88 Å². The molecule has 0 amide bonds. The third-order valence-electron chi connectivity index (χ3n) is 0.915. The highest BCUT2D eigenvalue weighted by Crippen LogP contribution is 2.59. The van der Waals surface area contributed by atoms with Gasteiger partial charge in [0.1, 0.15) is 0 Å². The van der Waals surface area contributed by atoms with Gasteiger partial charge in [-0.3, -0.25) is 9.13 Å². The van der Waals surface area contributed by atoms with Gasteiger partial charge in [0.2, 0.25) is 0 Å². The van der Waals surface area contributed by atoms with Gasteiger partial charge in [-0.2, -0.15) is 0 Å². The number of hydrogen-bond acceptors (Lipinski definition) is 2. The first-order valence-corrected chi connectivity index (χ1v) is 6.25. The van der Waals surface area contributed by atoms with E-state index in [9.17, 15) is 9.13 Å². The second-order valence-corrected chi connectivity index (χ2v) is 6.13. The molecular formula is C2H7ClO6P2. The predicted octanol–water partition coefficient (Wildman–Crippen LogP) is -0.0933. The van der Waals surface area contributed by atoms with Crippen molar-refractivity contribution in [3.8, 4) is 0 Å². The summed E-state index contributed by atoms with van der Waals surface area (Å²) >= 11 is 4.95. The normalized spacial score (nSPS) is 14.0. The molecule has 0 fully saturated rings. The molecule has 0 aliphatic rings. The molecule has 0 atom stereocenters. The molecule has 68 valence electrons. The molecular weight excluding hydrogens is 217 g/mol. The maximum atomic E-state index is 10.3. The molecule has 0 aromatic carbocycles. The van der Waals surface area contributed by atoms with Crippen molar-refractivity contribution >= 4 is 26.8 Å². The van der Waals surface area contributed by atoms with E-state index >= 15 is 0 Å². The zero-order valence-corrected chi connectivity index (χ0v) is 7.71. The fourth-order valence-electron chi connectivity index (χ4n) is 0.376. The van der Waals surface area contributed by atoms with Crippen LogP contribution in [0.2, 0.25) is 0 Å². The van der Waals surface area contributed by atoms with Crippen LogP contribution in [0.25, 0.3) is 0 Å². The van der Waals surface area contributed by atoms with Crippen LogP contribution in [0, 0.1) is 0 Å². The van der Waals surface area contributed by atoms with E-state index in [-0.39, 0.29) is 0 Å². The molecule has 11 heavy (non-hydrogen) atoms. The molecule has 9 heteroatoms. The van der Waals surface area contributed by atoms with Crippen LogP contribution in [0.5, 0.6) is 0 Å². The molecule has 0 aromatic heterocycles. The van der Waals surface area contributed by atoms with E-state index in [0.29, 0.717) is 0 Å². The fraction of sp³-hybridized carbons (Fsp3) is 1.00. The quantitative estimate of drug-likeness (QED) is 0.393. The zero-order valence-electron chi connectivity index (χ0n) is 5.16. The monoisotopic (exact) mass is 224 g/mol. The summed E-state index contributed by atoms with van der Waals surface area (Å²) in [5, 5.41) is -2.09. The predicted molar refractivity (Wildman–Crippen MR) is 38.6 cm³/mol. The number of hydrogen-bond donors (Lipinski definition) is 4. The van der Waals surface area contributed by atoms with E-state index in [2.05, 4.69) is 0 Å². The van der Waals surface area contributed by atoms with Gasteiger partial charge in [0.25, 0.3) is 0 Å². The highest BCUT2D eigenvalue weighted by atomic mass is 35.5. The highest BCUT2D eigenvalue weighted by Gasteiger charge is 2.42. The Kier molecular flexibility index (Phi) is 3.73. The minimum absolute atomic E-state index is 0.769. The van der Waals surface area contributed by atoms with Gasteiger partial charge in [0.15, 0.2) is 5.40 Å². The average Bonchev–Trinajstić information content (AvgIpc) is 1.56.